The van der Waals surface area contributed by atoms with E-state index >= 15 is 0 Å². The van der Waals surface area contributed by atoms with Gasteiger partial charge in [-0.2, -0.15) is 5.26 Å². The van der Waals surface area contributed by atoms with Crippen molar-refractivity contribution >= 4 is 11.8 Å². The van der Waals surface area contributed by atoms with Crippen molar-refractivity contribution < 1.29 is 14.3 Å². The standard InChI is InChI=1S/C12H12N2O3/c1-16-10-4-2-9(3-5-10)14-8-11(6-7-13)17-12(14)15/h2-5,11H,6,8H2,1H3. The lowest BCUT2D eigenvalue weighted by Gasteiger charge is -2.12. The van der Waals surface area contributed by atoms with Gasteiger partial charge < -0.3 is 9.47 Å². The molecule has 1 saturated heterocycles. The number of rotatable bonds is 3. The number of nitriles is 1. The first kappa shape index (κ1) is 11.3. The number of amides is 1. The molecule has 1 aromatic carbocycles. The van der Waals surface area contributed by atoms with E-state index in [0.29, 0.717) is 6.54 Å². The van der Waals surface area contributed by atoms with Gasteiger partial charge in [0.05, 0.1) is 26.1 Å². The Balaban J connectivity index is 2.12. The highest BCUT2D eigenvalue weighted by molar-refractivity contribution is 5.89. The minimum absolute atomic E-state index is 0.221. The molecule has 1 aliphatic rings. The predicted molar refractivity (Wildman–Crippen MR) is 60.8 cm³/mol. The maximum atomic E-state index is 11.6. The molecule has 1 unspecified atom stereocenters. The molecule has 5 nitrogen and oxygen atoms in total. The van der Waals surface area contributed by atoms with E-state index in [9.17, 15) is 4.79 Å². The van der Waals surface area contributed by atoms with Crippen LogP contribution in [0.5, 0.6) is 5.75 Å². The van der Waals surface area contributed by atoms with Gasteiger partial charge in [0, 0.05) is 5.69 Å². The van der Waals surface area contributed by atoms with Crippen LogP contribution in [0.15, 0.2) is 24.3 Å². The van der Waals surface area contributed by atoms with Crippen LogP contribution in [0.4, 0.5) is 10.5 Å². The summed E-state index contributed by atoms with van der Waals surface area (Å²) >= 11 is 0. The van der Waals surface area contributed by atoms with Gasteiger partial charge in [-0.25, -0.2) is 4.79 Å². The molecule has 5 heteroatoms. The number of ether oxygens (including phenoxy) is 2. The fourth-order valence-corrected chi connectivity index (χ4v) is 1.70. The third-order valence-electron chi connectivity index (χ3n) is 2.58. The van der Waals surface area contributed by atoms with Gasteiger partial charge >= 0.3 is 6.09 Å². The van der Waals surface area contributed by atoms with Gasteiger partial charge in [-0.3, -0.25) is 4.90 Å². The third kappa shape index (κ3) is 2.31. The molecule has 0 saturated carbocycles. The number of benzene rings is 1. The summed E-state index contributed by atoms with van der Waals surface area (Å²) in [6.45, 7) is 0.415. The summed E-state index contributed by atoms with van der Waals surface area (Å²) < 4.78 is 10.1. The molecule has 2 rings (SSSR count). The van der Waals surface area contributed by atoms with E-state index in [1.165, 1.54) is 4.90 Å². The molecule has 1 amide bonds. The van der Waals surface area contributed by atoms with Crippen molar-refractivity contribution in [3.8, 4) is 11.8 Å². The smallest absolute Gasteiger partial charge is 0.414 e. The van der Waals surface area contributed by atoms with Crippen LogP contribution in [0.2, 0.25) is 0 Å². The lowest BCUT2D eigenvalue weighted by molar-refractivity contribution is 0.143. The molecule has 0 bridgehead atoms. The van der Waals surface area contributed by atoms with Crippen LogP contribution in [-0.4, -0.2) is 25.9 Å². The highest BCUT2D eigenvalue weighted by atomic mass is 16.6. The van der Waals surface area contributed by atoms with Crippen molar-refractivity contribution in [3.63, 3.8) is 0 Å². The molecule has 88 valence electrons. The molecule has 0 radical (unpaired) electrons. The molecule has 0 aliphatic carbocycles. The number of cyclic esters (lactones) is 1. The second-order valence-electron chi connectivity index (χ2n) is 3.68. The first-order chi connectivity index (χ1) is 8.24. The highest BCUT2D eigenvalue weighted by Gasteiger charge is 2.31. The van der Waals surface area contributed by atoms with Crippen LogP contribution in [0.3, 0.4) is 0 Å². The van der Waals surface area contributed by atoms with E-state index in [2.05, 4.69) is 0 Å². The van der Waals surface area contributed by atoms with Crippen molar-refractivity contribution in [2.24, 2.45) is 0 Å². The van der Waals surface area contributed by atoms with Gasteiger partial charge in [0.2, 0.25) is 0 Å². The molecular weight excluding hydrogens is 220 g/mol. The Morgan fingerprint density at radius 3 is 2.82 bits per heavy atom. The van der Waals surface area contributed by atoms with Gasteiger partial charge in [-0.15, -0.1) is 0 Å². The van der Waals surface area contributed by atoms with E-state index in [1.807, 2.05) is 6.07 Å². The Kier molecular flexibility index (Phi) is 3.15. The number of anilines is 1. The lowest BCUT2D eigenvalue weighted by atomic mass is 10.2. The Hall–Kier alpha value is -2.22. The van der Waals surface area contributed by atoms with Crippen molar-refractivity contribution in [1.82, 2.24) is 0 Å². The van der Waals surface area contributed by atoms with Crippen LogP contribution in [-0.2, 0) is 4.74 Å². The fraction of sp³-hybridized carbons (Fsp3) is 0.333. The molecule has 0 N–H and O–H groups in total. The molecular formula is C12H12N2O3. The van der Waals surface area contributed by atoms with E-state index in [1.54, 1.807) is 31.4 Å². The zero-order chi connectivity index (χ0) is 12.3. The monoisotopic (exact) mass is 232 g/mol. The average molecular weight is 232 g/mol. The number of carbonyl (C=O) groups is 1. The Morgan fingerprint density at radius 2 is 2.24 bits per heavy atom. The summed E-state index contributed by atoms with van der Waals surface area (Å²) in [7, 11) is 1.59. The maximum absolute atomic E-state index is 11.6. The zero-order valence-electron chi connectivity index (χ0n) is 9.42. The topological polar surface area (TPSA) is 62.6 Å². The quantitative estimate of drug-likeness (QED) is 0.798. The first-order valence-corrected chi connectivity index (χ1v) is 5.23. The van der Waals surface area contributed by atoms with Gasteiger partial charge in [0.1, 0.15) is 11.9 Å². The fourth-order valence-electron chi connectivity index (χ4n) is 1.70. The number of methoxy groups -OCH3 is 1. The van der Waals surface area contributed by atoms with Crippen LogP contribution in [0.1, 0.15) is 6.42 Å². The second kappa shape index (κ2) is 4.74. The minimum Gasteiger partial charge on any atom is -0.497 e. The summed E-state index contributed by atoms with van der Waals surface area (Å²) in [5.74, 6) is 0.731. The zero-order valence-corrected chi connectivity index (χ0v) is 9.42. The van der Waals surface area contributed by atoms with Crippen LogP contribution in [0, 0.1) is 11.3 Å². The Labute approximate surface area is 99.2 Å². The van der Waals surface area contributed by atoms with E-state index < -0.39 is 6.09 Å². The molecule has 17 heavy (non-hydrogen) atoms. The Morgan fingerprint density at radius 1 is 1.53 bits per heavy atom. The Bertz CT molecular complexity index is 450. The van der Waals surface area contributed by atoms with Crippen molar-refractivity contribution in [2.45, 2.75) is 12.5 Å². The molecule has 1 atom stereocenters. The molecule has 0 aromatic heterocycles. The van der Waals surface area contributed by atoms with Crippen molar-refractivity contribution in [1.29, 1.82) is 5.26 Å². The minimum atomic E-state index is -0.407. The highest BCUT2D eigenvalue weighted by Crippen LogP contribution is 2.24. The molecule has 1 aliphatic heterocycles. The van der Waals surface area contributed by atoms with E-state index in [-0.39, 0.29) is 12.5 Å². The van der Waals surface area contributed by atoms with Crippen molar-refractivity contribution in [3.05, 3.63) is 24.3 Å². The van der Waals surface area contributed by atoms with Crippen LogP contribution in [0.25, 0.3) is 0 Å². The van der Waals surface area contributed by atoms with E-state index in [0.717, 1.165) is 11.4 Å². The lowest BCUT2D eigenvalue weighted by Crippen LogP contribution is -2.24. The summed E-state index contributed by atoms with van der Waals surface area (Å²) in [6, 6.07) is 9.13. The average Bonchev–Trinajstić information content (AvgIpc) is 2.71. The van der Waals surface area contributed by atoms with Crippen LogP contribution < -0.4 is 9.64 Å². The number of nitrogens with zero attached hydrogens (tertiary/aromatic N) is 2. The normalized spacial score (nSPS) is 18.7. The largest absolute Gasteiger partial charge is 0.497 e. The summed E-state index contributed by atoms with van der Waals surface area (Å²) in [5.41, 5.74) is 0.747. The summed E-state index contributed by atoms with van der Waals surface area (Å²) in [6.07, 6.45) is -0.525. The van der Waals surface area contributed by atoms with Gasteiger partial charge in [0.25, 0.3) is 0 Å². The third-order valence-corrected chi connectivity index (χ3v) is 2.58. The van der Waals surface area contributed by atoms with Crippen LogP contribution >= 0.6 is 0 Å². The van der Waals surface area contributed by atoms with Gasteiger partial charge in [-0.1, -0.05) is 0 Å². The summed E-state index contributed by atoms with van der Waals surface area (Å²) in [5, 5.41) is 8.56. The van der Waals surface area contributed by atoms with E-state index in [4.69, 9.17) is 14.7 Å². The SMILES string of the molecule is COc1ccc(N2CC(CC#N)OC2=O)cc1. The number of hydrogen-bond acceptors (Lipinski definition) is 4. The summed E-state index contributed by atoms with van der Waals surface area (Å²) in [4.78, 5) is 13.1. The van der Waals surface area contributed by atoms with Gasteiger partial charge in [0.15, 0.2) is 0 Å². The number of carbonyl (C=O) groups excluding carboxylic acids is 1. The molecule has 0 spiro atoms. The second-order valence-corrected chi connectivity index (χ2v) is 3.68. The maximum Gasteiger partial charge on any atom is 0.414 e. The number of hydrogen-bond donors (Lipinski definition) is 0. The molecule has 1 aromatic rings. The molecule has 1 heterocycles. The van der Waals surface area contributed by atoms with Crippen molar-refractivity contribution in [2.75, 3.05) is 18.6 Å². The predicted octanol–water partition coefficient (Wildman–Crippen LogP) is 1.93. The van der Waals surface area contributed by atoms with Gasteiger partial charge in [-0.05, 0) is 24.3 Å². The first-order valence-electron chi connectivity index (χ1n) is 5.23. The molecule has 1 fully saturated rings.